The minimum atomic E-state index is -2.49. The van der Waals surface area contributed by atoms with Gasteiger partial charge < -0.3 is 15.3 Å². The van der Waals surface area contributed by atoms with Crippen molar-refractivity contribution in [3.05, 3.63) is 81.4 Å². The average molecular weight is 497 g/mol. The Morgan fingerprint density at radius 3 is 2.27 bits per heavy atom. The second-order valence-corrected chi connectivity index (χ2v) is 11.1. The van der Waals surface area contributed by atoms with Crippen molar-refractivity contribution in [1.82, 2.24) is 0 Å². The summed E-state index contributed by atoms with van der Waals surface area (Å²) in [7, 11) is 0. The van der Waals surface area contributed by atoms with E-state index in [1.807, 2.05) is 37.3 Å². The lowest BCUT2D eigenvalue weighted by Crippen LogP contribution is -2.67. The Bertz CT molecular complexity index is 1530. The van der Waals surface area contributed by atoms with Crippen LogP contribution in [0.3, 0.4) is 0 Å². The minimum Gasteiger partial charge on any atom is -0.507 e. The molecule has 3 aliphatic rings. The number of aromatic hydroxyl groups is 1. The van der Waals surface area contributed by atoms with Crippen molar-refractivity contribution >= 4 is 23.1 Å². The maximum atomic E-state index is 14.0. The number of rotatable bonds is 1. The van der Waals surface area contributed by atoms with E-state index in [0.717, 1.165) is 5.56 Å². The zero-order chi connectivity index (χ0) is 26.9. The molecule has 0 amide bonds. The number of phenols is 1. The first kappa shape index (κ1) is 24.7. The second-order valence-electron chi connectivity index (χ2n) is 11.1. The maximum absolute atomic E-state index is 14.0. The highest BCUT2D eigenvalue weighted by Crippen LogP contribution is 2.62. The molecule has 1 fully saturated rings. The molecule has 0 aliphatic heterocycles. The number of hydrogen-bond donors (Lipinski definition) is 3. The molecule has 0 saturated heterocycles. The lowest BCUT2D eigenvalue weighted by atomic mass is 9.46. The number of carbonyl (C=O) groups excluding carboxylic acids is 3. The first-order valence-corrected chi connectivity index (χ1v) is 12.2. The number of carbonyl (C=O) groups is 3. The van der Waals surface area contributed by atoms with Crippen molar-refractivity contribution in [1.29, 1.82) is 0 Å². The summed E-state index contributed by atoms with van der Waals surface area (Å²) in [5, 5.41) is 33.9. The third-order valence-corrected chi connectivity index (χ3v) is 8.25. The molecule has 0 spiro atoms. The fourth-order valence-corrected chi connectivity index (χ4v) is 6.80. The van der Waals surface area contributed by atoms with Crippen LogP contribution in [0.1, 0.15) is 62.8 Å². The number of hydrogen-bond acceptors (Lipinski definition) is 6. The fraction of sp³-hybridized carbons (Fsp3) is 0.323. The molecule has 5 rings (SSSR count). The Balaban J connectivity index is 1.71. The predicted octanol–water partition coefficient (Wildman–Crippen LogP) is 4.21. The third-order valence-electron chi connectivity index (χ3n) is 8.25. The van der Waals surface area contributed by atoms with Gasteiger partial charge in [0.2, 0.25) is 11.6 Å². The quantitative estimate of drug-likeness (QED) is 0.310. The molecule has 2 aromatic carbocycles. The summed E-state index contributed by atoms with van der Waals surface area (Å²) in [6, 6.07) is 12.5. The smallest absolute Gasteiger partial charge is 0.206 e. The van der Waals surface area contributed by atoms with E-state index in [2.05, 4.69) is 11.8 Å². The normalized spacial score (nSPS) is 28.7. The van der Waals surface area contributed by atoms with Gasteiger partial charge in [-0.05, 0) is 62.9 Å². The van der Waals surface area contributed by atoms with Crippen LogP contribution in [-0.2, 0) is 20.8 Å². The molecule has 3 N–H and O–H groups in total. The molecule has 3 aliphatic carbocycles. The van der Waals surface area contributed by atoms with E-state index >= 15 is 0 Å². The van der Waals surface area contributed by atoms with Gasteiger partial charge in [-0.25, -0.2) is 0 Å². The van der Waals surface area contributed by atoms with E-state index in [-0.39, 0.29) is 41.7 Å². The van der Waals surface area contributed by atoms with Crippen molar-refractivity contribution in [2.75, 3.05) is 0 Å². The van der Waals surface area contributed by atoms with Crippen LogP contribution in [-0.4, -0.2) is 38.3 Å². The van der Waals surface area contributed by atoms with Crippen LogP contribution in [0.25, 0.3) is 5.76 Å². The van der Waals surface area contributed by atoms with Crippen LogP contribution < -0.4 is 0 Å². The summed E-state index contributed by atoms with van der Waals surface area (Å²) in [5.74, 6) is 3.21. The number of ketones is 3. The number of allylic oxidation sites excluding steroid dienone is 1. The molecule has 1 saturated carbocycles. The van der Waals surface area contributed by atoms with Crippen molar-refractivity contribution in [2.45, 2.75) is 52.6 Å². The third kappa shape index (κ3) is 3.34. The molecule has 2 aromatic rings. The molecule has 0 heterocycles. The van der Waals surface area contributed by atoms with Gasteiger partial charge in [0.1, 0.15) is 11.5 Å². The molecule has 0 bridgehead atoms. The lowest BCUT2D eigenvalue weighted by Gasteiger charge is -2.56. The molecular weight excluding hydrogens is 468 g/mol. The highest BCUT2D eigenvalue weighted by molar-refractivity contribution is 6.33. The van der Waals surface area contributed by atoms with E-state index < -0.39 is 39.5 Å². The van der Waals surface area contributed by atoms with Crippen LogP contribution in [0.15, 0.2) is 59.2 Å². The SMILES string of the molecule is CC(=O)C1=C(C)C[C@@]2(C)C[C@@]3(C)Cc4c(C#Cc5ccccc5)ccc(O)c4C(O)=C3C(=O)[C@@]2(O)C1=O. The molecule has 0 radical (unpaired) electrons. The van der Waals surface area contributed by atoms with Gasteiger partial charge in [-0.1, -0.05) is 49.5 Å². The van der Waals surface area contributed by atoms with Gasteiger partial charge in [-0.15, -0.1) is 0 Å². The number of benzene rings is 2. The van der Waals surface area contributed by atoms with Gasteiger partial charge in [0, 0.05) is 27.5 Å². The number of fused-ring (bicyclic) bond motifs is 3. The van der Waals surface area contributed by atoms with Gasteiger partial charge in [0.05, 0.1) is 11.1 Å². The summed E-state index contributed by atoms with van der Waals surface area (Å²) >= 11 is 0. The van der Waals surface area contributed by atoms with Crippen molar-refractivity contribution in [3.8, 4) is 17.6 Å². The summed E-state index contributed by atoms with van der Waals surface area (Å²) in [5.41, 5.74) is -2.24. The second kappa shape index (κ2) is 8.03. The van der Waals surface area contributed by atoms with Gasteiger partial charge in [-0.3, -0.25) is 14.4 Å². The van der Waals surface area contributed by atoms with E-state index in [1.54, 1.807) is 19.9 Å². The Labute approximate surface area is 215 Å². The monoisotopic (exact) mass is 496 g/mol. The van der Waals surface area contributed by atoms with Crippen molar-refractivity contribution in [3.63, 3.8) is 0 Å². The van der Waals surface area contributed by atoms with E-state index in [9.17, 15) is 29.7 Å². The minimum absolute atomic E-state index is 0.0784. The van der Waals surface area contributed by atoms with Crippen molar-refractivity contribution in [2.24, 2.45) is 10.8 Å². The molecule has 6 heteroatoms. The lowest BCUT2D eigenvalue weighted by molar-refractivity contribution is -0.171. The summed E-state index contributed by atoms with van der Waals surface area (Å²) in [6.45, 7) is 6.44. The zero-order valence-electron chi connectivity index (χ0n) is 21.2. The molecule has 3 atom stereocenters. The fourth-order valence-electron chi connectivity index (χ4n) is 6.80. The van der Waals surface area contributed by atoms with Gasteiger partial charge in [-0.2, -0.15) is 0 Å². The summed E-state index contributed by atoms with van der Waals surface area (Å²) in [6.07, 6.45) is 0.659. The Morgan fingerprint density at radius 2 is 1.62 bits per heavy atom. The Hall–Kier alpha value is -3.95. The van der Waals surface area contributed by atoms with Gasteiger partial charge in [0.15, 0.2) is 11.4 Å². The van der Waals surface area contributed by atoms with Crippen LogP contribution in [0.4, 0.5) is 0 Å². The zero-order valence-corrected chi connectivity index (χ0v) is 21.2. The molecule has 6 nitrogen and oxygen atoms in total. The first-order valence-electron chi connectivity index (χ1n) is 12.2. The molecule has 0 aromatic heterocycles. The molecule has 37 heavy (non-hydrogen) atoms. The largest absolute Gasteiger partial charge is 0.507 e. The number of aliphatic hydroxyl groups is 2. The highest BCUT2D eigenvalue weighted by Gasteiger charge is 2.69. The Kier molecular flexibility index (Phi) is 5.36. The highest BCUT2D eigenvalue weighted by atomic mass is 16.3. The predicted molar refractivity (Wildman–Crippen MR) is 138 cm³/mol. The van der Waals surface area contributed by atoms with Crippen LogP contribution in [0, 0.1) is 22.7 Å². The number of Topliss-reactive ketones (excluding diaryl/α,β-unsaturated/α-hetero) is 3. The van der Waals surface area contributed by atoms with E-state index in [0.29, 0.717) is 16.7 Å². The average Bonchev–Trinajstić information content (AvgIpc) is 2.81. The Morgan fingerprint density at radius 1 is 0.946 bits per heavy atom. The summed E-state index contributed by atoms with van der Waals surface area (Å²) < 4.78 is 0. The first-order chi connectivity index (χ1) is 17.3. The van der Waals surface area contributed by atoms with Gasteiger partial charge in [0.25, 0.3) is 0 Å². The van der Waals surface area contributed by atoms with E-state index in [1.165, 1.54) is 13.0 Å². The summed E-state index contributed by atoms with van der Waals surface area (Å²) in [4.78, 5) is 39.8. The topological polar surface area (TPSA) is 112 Å². The standard InChI is InChI=1S/C31H28O6/c1-17-14-30(4)16-29(3)15-21-20(11-10-19-8-6-5-7-9-19)12-13-22(33)24(21)26(34)25(29)28(36)31(30,37)27(35)23(17)18(2)32/h5-9,12-13,33-34,37H,14-16H2,1-4H3/t29-,30+,31+/m1/s1. The van der Waals surface area contributed by atoms with Crippen LogP contribution in [0.2, 0.25) is 0 Å². The van der Waals surface area contributed by atoms with Gasteiger partial charge >= 0.3 is 0 Å². The van der Waals surface area contributed by atoms with E-state index in [4.69, 9.17) is 0 Å². The molecular formula is C31H28O6. The van der Waals surface area contributed by atoms with Crippen molar-refractivity contribution < 1.29 is 29.7 Å². The number of phenolic OH excluding ortho intramolecular Hbond substituents is 1. The number of aliphatic hydroxyl groups excluding tert-OH is 1. The molecule has 188 valence electrons. The molecule has 0 unspecified atom stereocenters. The maximum Gasteiger partial charge on any atom is 0.206 e. The van der Waals surface area contributed by atoms with Crippen LogP contribution in [0.5, 0.6) is 5.75 Å². The van der Waals surface area contributed by atoms with Crippen LogP contribution >= 0.6 is 0 Å².